The number of benzene rings is 1. The minimum atomic E-state index is -4.49. The van der Waals surface area contributed by atoms with Crippen LogP contribution in [0.4, 0.5) is 13.2 Å². The minimum Gasteiger partial charge on any atom is -0.439 e. The monoisotopic (exact) mass is 296 g/mol. The van der Waals surface area contributed by atoms with Gasteiger partial charge in [0, 0.05) is 12.1 Å². The Bertz CT molecular complexity index is 595. The fourth-order valence-electron chi connectivity index (χ4n) is 1.82. The highest BCUT2D eigenvalue weighted by atomic mass is 19.4. The smallest absolute Gasteiger partial charge is 0.433 e. The van der Waals surface area contributed by atoms with Gasteiger partial charge in [-0.2, -0.15) is 13.2 Å². The molecule has 0 bridgehead atoms. The maximum atomic E-state index is 12.6. The number of nitrogens with zero attached hydrogens (tertiary/aromatic N) is 1. The normalized spacial score (nSPS) is 13.0. The predicted molar refractivity (Wildman–Crippen MR) is 73.1 cm³/mol. The van der Waals surface area contributed by atoms with Crippen molar-refractivity contribution in [2.45, 2.75) is 25.6 Å². The second-order valence-corrected chi connectivity index (χ2v) is 4.79. The molecule has 21 heavy (non-hydrogen) atoms. The molecule has 2 aromatic rings. The molecular formula is C15H15F3N2O. The van der Waals surface area contributed by atoms with Crippen molar-refractivity contribution in [2.75, 3.05) is 0 Å². The summed E-state index contributed by atoms with van der Waals surface area (Å²) >= 11 is 0. The van der Waals surface area contributed by atoms with Gasteiger partial charge in [0.1, 0.15) is 11.4 Å². The highest BCUT2D eigenvalue weighted by Crippen LogP contribution is 2.29. The molecule has 0 aliphatic carbocycles. The van der Waals surface area contributed by atoms with Gasteiger partial charge in [0.25, 0.3) is 0 Å². The Labute approximate surface area is 120 Å². The van der Waals surface area contributed by atoms with Crippen LogP contribution in [0.5, 0.6) is 11.6 Å². The summed E-state index contributed by atoms with van der Waals surface area (Å²) in [7, 11) is 0. The highest BCUT2D eigenvalue weighted by molar-refractivity contribution is 5.31. The van der Waals surface area contributed by atoms with Gasteiger partial charge in [0.15, 0.2) is 0 Å². The lowest BCUT2D eigenvalue weighted by atomic mass is 10.1. The van der Waals surface area contributed by atoms with Gasteiger partial charge in [-0.05, 0) is 37.1 Å². The molecule has 6 heteroatoms. The quantitative estimate of drug-likeness (QED) is 0.934. The average molecular weight is 296 g/mol. The van der Waals surface area contributed by atoms with E-state index in [1.54, 1.807) is 12.1 Å². The lowest BCUT2D eigenvalue weighted by Gasteiger charge is -2.10. The van der Waals surface area contributed by atoms with Gasteiger partial charge in [-0.1, -0.05) is 18.2 Å². The minimum absolute atomic E-state index is 0.0434. The zero-order valence-electron chi connectivity index (χ0n) is 11.4. The number of hydrogen-bond acceptors (Lipinski definition) is 3. The third kappa shape index (κ3) is 4.46. The molecule has 3 nitrogen and oxygen atoms in total. The Hall–Kier alpha value is -2.08. The Kier molecular flexibility index (Phi) is 4.47. The van der Waals surface area contributed by atoms with E-state index in [0.717, 1.165) is 18.1 Å². The van der Waals surface area contributed by atoms with E-state index in [-0.39, 0.29) is 11.9 Å². The topological polar surface area (TPSA) is 48.1 Å². The number of rotatable bonds is 4. The van der Waals surface area contributed by atoms with Gasteiger partial charge in [-0.25, -0.2) is 4.98 Å². The first-order chi connectivity index (χ1) is 9.84. The molecule has 1 atom stereocenters. The summed E-state index contributed by atoms with van der Waals surface area (Å²) in [6, 6.07) is 10.6. The van der Waals surface area contributed by atoms with Crippen molar-refractivity contribution in [2.24, 2.45) is 5.73 Å². The first-order valence-corrected chi connectivity index (χ1v) is 6.41. The number of aromatic nitrogens is 1. The van der Waals surface area contributed by atoms with Crippen LogP contribution in [0, 0.1) is 0 Å². The molecule has 0 spiro atoms. The van der Waals surface area contributed by atoms with Crippen molar-refractivity contribution < 1.29 is 17.9 Å². The summed E-state index contributed by atoms with van der Waals surface area (Å²) in [5, 5.41) is 0. The summed E-state index contributed by atoms with van der Waals surface area (Å²) in [6.45, 7) is 1.90. The first-order valence-electron chi connectivity index (χ1n) is 6.41. The molecule has 0 amide bonds. The number of halogens is 3. The number of pyridine rings is 1. The summed E-state index contributed by atoms with van der Waals surface area (Å²) in [5.41, 5.74) is 5.75. The van der Waals surface area contributed by atoms with Gasteiger partial charge in [0.2, 0.25) is 5.88 Å². The van der Waals surface area contributed by atoms with Crippen LogP contribution in [0.15, 0.2) is 42.5 Å². The maximum Gasteiger partial charge on any atom is 0.433 e. The maximum absolute atomic E-state index is 12.6. The molecule has 2 rings (SSSR count). The Balaban J connectivity index is 2.11. The molecule has 0 aliphatic heterocycles. The van der Waals surface area contributed by atoms with E-state index in [2.05, 4.69) is 4.98 Å². The van der Waals surface area contributed by atoms with Crippen LogP contribution in [-0.2, 0) is 12.6 Å². The third-order valence-electron chi connectivity index (χ3n) is 2.72. The van der Waals surface area contributed by atoms with Crippen LogP contribution in [0.3, 0.4) is 0 Å². The van der Waals surface area contributed by atoms with Crippen LogP contribution in [0.25, 0.3) is 0 Å². The fraction of sp³-hybridized carbons (Fsp3) is 0.267. The van der Waals surface area contributed by atoms with Crippen LogP contribution in [0.1, 0.15) is 18.2 Å². The van der Waals surface area contributed by atoms with E-state index < -0.39 is 11.9 Å². The zero-order chi connectivity index (χ0) is 15.5. The predicted octanol–water partition coefficient (Wildman–Crippen LogP) is 3.78. The van der Waals surface area contributed by atoms with Gasteiger partial charge in [-0.15, -0.1) is 0 Å². The number of hydrogen-bond donors (Lipinski definition) is 1. The lowest BCUT2D eigenvalue weighted by molar-refractivity contribution is -0.141. The molecule has 0 aliphatic rings. The average Bonchev–Trinajstić information content (AvgIpc) is 2.40. The highest BCUT2D eigenvalue weighted by Gasteiger charge is 2.32. The van der Waals surface area contributed by atoms with Crippen LogP contribution in [-0.4, -0.2) is 11.0 Å². The first kappa shape index (κ1) is 15.3. The van der Waals surface area contributed by atoms with Gasteiger partial charge in [0.05, 0.1) is 0 Å². The van der Waals surface area contributed by atoms with E-state index in [1.165, 1.54) is 12.1 Å². The summed E-state index contributed by atoms with van der Waals surface area (Å²) in [4.78, 5) is 3.44. The van der Waals surface area contributed by atoms with E-state index in [4.69, 9.17) is 10.5 Å². The van der Waals surface area contributed by atoms with Crippen LogP contribution in [0.2, 0.25) is 0 Å². The second kappa shape index (κ2) is 6.13. The fourth-order valence-corrected chi connectivity index (χ4v) is 1.82. The van der Waals surface area contributed by atoms with Gasteiger partial charge in [-0.3, -0.25) is 0 Å². The van der Waals surface area contributed by atoms with Crippen LogP contribution >= 0.6 is 0 Å². The molecular weight excluding hydrogens is 281 g/mol. The van der Waals surface area contributed by atoms with Crippen molar-refractivity contribution in [1.29, 1.82) is 0 Å². The van der Waals surface area contributed by atoms with Crippen molar-refractivity contribution >= 4 is 0 Å². The molecule has 0 saturated carbocycles. The molecule has 1 aromatic heterocycles. The SMILES string of the molecule is CC(N)Cc1ccc(Oc2cccc(C(F)(F)F)n2)cc1. The summed E-state index contributed by atoms with van der Waals surface area (Å²) < 4.78 is 43.0. The third-order valence-corrected chi connectivity index (χ3v) is 2.72. The molecule has 1 unspecified atom stereocenters. The molecule has 2 N–H and O–H groups in total. The molecule has 0 fully saturated rings. The van der Waals surface area contributed by atoms with Gasteiger partial charge < -0.3 is 10.5 Å². The van der Waals surface area contributed by atoms with Crippen molar-refractivity contribution in [3.05, 3.63) is 53.7 Å². The van der Waals surface area contributed by atoms with Crippen molar-refractivity contribution in [3.63, 3.8) is 0 Å². The summed E-state index contributed by atoms with van der Waals surface area (Å²) in [6.07, 6.45) is -3.76. The zero-order valence-corrected chi connectivity index (χ0v) is 11.4. The van der Waals surface area contributed by atoms with Crippen molar-refractivity contribution in [3.8, 4) is 11.6 Å². The Morgan fingerprint density at radius 1 is 1.14 bits per heavy atom. The standard InChI is InChI=1S/C15H15F3N2O/c1-10(19)9-11-5-7-12(8-6-11)21-14-4-2-3-13(20-14)15(16,17)18/h2-8,10H,9,19H2,1H3. The second-order valence-electron chi connectivity index (χ2n) is 4.79. The molecule has 1 aromatic carbocycles. The van der Waals surface area contributed by atoms with Gasteiger partial charge >= 0.3 is 6.18 Å². The van der Waals surface area contributed by atoms with E-state index >= 15 is 0 Å². The van der Waals surface area contributed by atoms with E-state index in [0.29, 0.717) is 5.75 Å². The van der Waals surface area contributed by atoms with E-state index in [9.17, 15) is 13.2 Å². The van der Waals surface area contributed by atoms with E-state index in [1.807, 2.05) is 19.1 Å². The largest absolute Gasteiger partial charge is 0.439 e. The number of alkyl halides is 3. The molecule has 1 heterocycles. The molecule has 0 saturated heterocycles. The number of nitrogens with two attached hydrogens (primary N) is 1. The molecule has 112 valence electrons. The lowest BCUT2D eigenvalue weighted by Crippen LogP contribution is -2.17. The van der Waals surface area contributed by atoms with Crippen molar-refractivity contribution in [1.82, 2.24) is 4.98 Å². The number of ether oxygens (including phenoxy) is 1. The Morgan fingerprint density at radius 3 is 2.38 bits per heavy atom. The molecule has 0 radical (unpaired) electrons. The Morgan fingerprint density at radius 2 is 1.81 bits per heavy atom. The summed E-state index contributed by atoms with van der Waals surface area (Å²) in [5.74, 6) is 0.333. The van der Waals surface area contributed by atoms with Crippen LogP contribution < -0.4 is 10.5 Å².